The van der Waals surface area contributed by atoms with Crippen molar-refractivity contribution in [3.8, 4) is 0 Å². The zero-order valence-electron chi connectivity index (χ0n) is 40.8. The van der Waals surface area contributed by atoms with Crippen molar-refractivity contribution in [2.75, 3.05) is 40.3 Å². The van der Waals surface area contributed by atoms with Crippen LogP contribution in [0, 0.1) is 0 Å². The molecule has 0 saturated heterocycles. The number of unbranched alkanes of at least 4 members (excludes halogenated alkanes) is 40. The van der Waals surface area contributed by atoms with Gasteiger partial charge in [-0.2, -0.15) is 0 Å². The third-order valence-corrected chi connectivity index (χ3v) is 12.6. The summed E-state index contributed by atoms with van der Waals surface area (Å²) in [6, 6.07) is 0. The molecule has 0 atom stereocenters. The Kier molecular flexibility index (Phi) is 56.9. The van der Waals surface area contributed by atoms with Crippen LogP contribution in [0.1, 0.15) is 310 Å². The molecule has 0 rings (SSSR count). The predicted octanol–water partition coefficient (Wildman–Crippen LogP) is 19.1. The second-order valence-corrected chi connectivity index (χ2v) is 18.7. The van der Waals surface area contributed by atoms with Gasteiger partial charge in [0.15, 0.2) is 0 Å². The minimum atomic E-state index is 1.31. The predicted molar refractivity (Wildman–Crippen MR) is 261 cm³/mol. The first-order valence-corrected chi connectivity index (χ1v) is 27.0. The lowest BCUT2D eigenvalue weighted by atomic mass is 10.0. The Morgan fingerprint density at radius 1 is 0.161 bits per heavy atom. The Labute approximate surface area is 359 Å². The maximum absolute atomic E-state index is 2.58. The van der Waals surface area contributed by atoms with Gasteiger partial charge in [0.25, 0.3) is 0 Å². The lowest BCUT2D eigenvalue weighted by Gasteiger charge is -2.16. The molecular weight excluding hydrogens is 677 g/mol. The highest BCUT2D eigenvalue weighted by atomic mass is 15.1. The molecule has 0 bridgehead atoms. The smallest absolute Gasteiger partial charge is 0.00218 e. The highest BCUT2D eigenvalue weighted by Gasteiger charge is 2.01. The van der Waals surface area contributed by atoms with Crippen LogP contribution >= 0.6 is 0 Å². The molecule has 0 radical (unpaired) electrons. The topological polar surface area (TPSA) is 6.48 Å². The van der Waals surface area contributed by atoms with Gasteiger partial charge in [0.2, 0.25) is 0 Å². The molecule has 2 heteroatoms. The second kappa shape index (κ2) is 54.9. The van der Waals surface area contributed by atoms with Crippen molar-refractivity contribution in [2.24, 2.45) is 0 Å². The second-order valence-electron chi connectivity index (χ2n) is 18.7. The summed E-state index contributed by atoms with van der Waals surface area (Å²) < 4.78 is 0. The van der Waals surface area contributed by atoms with Gasteiger partial charge in [-0.15, -0.1) is 0 Å². The molecule has 56 heavy (non-hydrogen) atoms. The molecule has 0 aromatic heterocycles. The summed E-state index contributed by atoms with van der Waals surface area (Å²) in [5.41, 5.74) is 0. The van der Waals surface area contributed by atoms with Crippen molar-refractivity contribution >= 4 is 0 Å². The van der Waals surface area contributed by atoms with Gasteiger partial charge >= 0.3 is 0 Å². The van der Waals surface area contributed by atoms with Crippen molar-refractivity contribution < 1.29 is 0 Å². The Bertz CT molecular complexity index is 582. The van der Waals surface area contributed by atoms with Gasteiger partial charge in [-0.1, -0.05) is 285 Å². The van der Waals surface area contributed by atoms with Crippen LogP contribution in [0.4, 0.5) is 0 Å². The molecule has 0 aliphatic heterocycles. The molecule has 0 heterocycles. The van der Waals surface area contributed by atoms with E-state index < -0.39 is 0 Å². The molecule has 0 aromatic carbocycles. The van der Waals surface area contributed by atoms with Crippen LogP contribution in [-0.4, -0.2) is 50.1 Å². The van der Waals surface area contributed by atoms with Gasteiger partial charge in [0.1, 0.15) is 0 Å². The molecule has 0 N–H and O–H groups in total. The van der Waals surface area contributed by atoms with Crippen LogP contribution in [-0.2, 0) is 0 Å². The van der Waals surface area contributed by atoms with Gasteiger partial charge in [-0.3, -0.25) is 0 Å². The minimum Gasteiger partial charge on any atom is -0.306 e. The standard InChI is InChI=1S/C29H61N.C25H53N/c1-4-6-8-10-12-14-16-18-20-22-24-26-28-30(3)29-27-25-23-21-19-17-15-13-11-9-7-5-2;1-4-6-8-10-12-14-16-18-20-22-24-26(3)25-23-21-19-17-15-13-11-9-7-5-2/h4-29H2,1-3H3;4-25H2,1-3H3. The summed E-state index contributed by atoms with van der Waals surface area (Å²) in [5.74, 6) is 0. The van der Waals surface area contributed by atoms with Gasteiger partial charge in [-0.05, 0) is 66.0 Å². The average Bonchev–Trinajstić information content (AvgIpc) is 3.20. The molecule has 340 valence electrons. The fourth-order valence-electron chi connectivity index (χ4n) is 8.41. The number of rotatable bonds is 48. The van der Waals surface area contributed by atoms with E-state index in [1.54, 1.807) is 0 Å². The first-order valence-electron chi connectivity index (χ1n) is 27.0. The van der Waals surface area contributed by atoms with Gasteiger partial charge in [-0.25, -0.2) is 0 Å². The van der Waals surface area contributed by atoms with Crippen LogP contribution in [0.2, 0.25) is 0 Å². The molecule has 0 saturated carbocycles. The van der Waals surface area contributed by atoms with E-state index in [1.807, 2.05) is 0 Å². The van der Waals surface area contributed by atoms with E-state index in [4.69, 9.17) is 0 Å². The fourth-order valence-corrected chi connectivity index (χ4v) is 8.41. The van der Waals surface area contributed by atoms with Crippen molar-refractivity contribution in [3.63, 3.8) is 0 Å². The average molecular weight is 792 g/mol. The summed E-state index contributed by atoms with van der Waals surface area (Å²) in [7, 11) is 4.65. The van der Waals surface area contributed by atoms with Crippen molar-refractivity contribution in [1.29, 1.82) is 0 Å². The summed E-state index contributed by atoms with van der Waals surface area (Å²) in [6.45, 7) is 14.5. The van der Waals surface area contributed by atoms with Gasteiger partial charge < -0.3 is 9.80 Å². The molecule has 0 amide bonds. The molecule has 2 nitrogen and oxygen atoms in total. The minimum absolute atomic E-state index is 1.31. The summed E-state index contributed by atoms with van der Waals surface area (Å²) >= 11 is 0. The first-order chi connectivity index (χ1) is 27.6. The summed E-state index contributed by atoms with van der Waals surface area (Å²) in [5, 5.41) is 0. The van der Waals surface area contributed by atoms with Crippen LogP contribution in [0.3, 0.4) is 0 Å². The largest absolute Gasteiger partial charge is 0.306 e. The van der Waals surface area contributed by atoms with E-state index in [0.29, 0.717) is 0 Å². The Morgan fingerprint density at radius 2 is 0.268 bits per heavy atom. The lowest BCUT2D eigenvalue weighted by molar-refractivity contribution is 0.314. The Balaban J connectivity index is 0. The fraction of sp³-hybridized carbons (Fsp3) is 1.00. The van der Waals surface area contributed by atoms with E-state index in [1.165, 1.54) is 309 Å². The van der Waals surface area contributed by atoms with E-state index in [9.17, 15) is 0 Å². The van der Waals surface area contributed by atoms with E-state index in [-0.39, 0.29) is 0 Å². The highest BCUT2D eigenvalue weighted by molar-refractivity contribution is 4.57. The molecule has 0 aromatic rings. The molecule has 0 aliphatic carbocycles. The molecule has 0 unspecified atom stereocenters. The normalized spacial score (nSPS) is 11.6. The van der Waals surface area contributed by atoms with Crippen LogP contribution in [0.25, 0.3) is 0 Å². The maximum atomic E-state index is 2.58. The SMILES string of the molecule is CCCCCCCCCCCCCCN(C)CCCCCCCCCCCCCC.CCCCCCCCCCCCN(C)CCCCCCCCCCCC. The van der Waals surface area contributed by atoms with Crippen molar-refractivity contribution in [2.45, 2.75) is 310 Å². The van der Waals surface area contributed by atoms with Gasteiger partial charge in [0.05, 0.1) is 0 Å². The zero-order valence-corrected chi connectivity index (χ0v) is 40.8. The van der Waals surface area contributed by atoms with E-state index in [0.717, 1.165) is 0 Å². The molecular formula is C54H114N2. The Morgan fingerprint density at radius 3 is 0.393 bits per heavy atom. The monoisotopic (exact) mass is 791 g/mol. The molecule has 0 aliphatic rings. The first kappa shape index (κ1) is 58.0. The summed E-state index contributed by atoms with van der Waals surface area (Å²) in [4.78, 5) is 5.14. The third-order valence-electron chi connectivity index (χ3n) is 12.6. The molecule has 0 spiro atoms. The van der Waals surface area contributed by atoms with Crippen molar-refractivity contribution in [1.82, 2.24) is 9.80 Å². The highest BCUT2D eigenvalue weighted by Crippen LogP contribution is 2.15. The third kappa shape index (κ3) is 56.0. The number of hydrogen-bond acceptors (Lipinski definition) is 2. The van der Waals surface area contributed by atoms with E-state index in [2.05, 4.69) is 51.6 Å². The van der Waals surface area contributed by atoms with Crippen LogP contribution in [0.15, 0.2) is 0 Å². The number of hydrogen-bond donors (Lipinski definition) is 0. The lowest BCUT2D eigenvalue weighted by Crippen LogP contribution is -2.20. The zero-order chi connectivity index (χ0) is 41.1. The Hall–Kier alpha value is -0.0800. The van der Waals surface area contributed by atoms with Gasteiger partial charge in [0, 0.05) is 0 Å². The van der Waals surface area contributed by atoms with Crippen LogP contribution < -0.4 is 0 Å². The van der Waals surface area contributed by atoms with E-state index >= 15 is 0 Å². The molecule has 0 fully saturated rings. The van der Waals surface area contributed by atoms with Crippen molar-refractivity contribution in [3.05, 3.63) is 0 Å². The quantitative estimate of drug-likeness (QED) is 0.0567. The van der Waals surface area contributed by atoms with Crippen LogP contribution in [0.5, 0.6) is 0 Å². The maximum Gasteiger partial charge on any atom is -0.00218 e. The number of nitrogens with zero attached hydrogens (tertiary/aromatic N) is 2. The summed E-state index contributed by atoms with van der Waals surface area (Å²) in [6.07, 6.45) is 63.7.